The molecule has 0 heterocycles. The molecule has 0 saturated heterocycles. The maximum Gasteiger partial charge on any atom is 0.343 e. The van der Waals surface area contributed by atoms with Crippen LogP contribution in [0, 0.1) is 6.92 Å². The number of nitrogen functional groups attached to an aromatic ring is 1. The normalized spacial score (nSPS) is 11.3. The number of rotatable bonds is 11. The lowest BCUT2D eigenvalue weighted by Crippen LogP contribution is -2.14. The molecule has 0 bridgehead atoms. The highest BCUT2D eigenvalue weighted by molar-refractivity contribution is 7.19. The van der Waals surface area contributed by atoms with Crippen LogP contribution in [0.3, 0.4) is 0 Å². The van der Waals surface area contributed by atoms with Crippen LogP contribution in [0.2, 0.25) is 0 Å². The summed E-state index contributed by atoms with van der Waals surface area (Å²) in [6, 6.07) is 17.7. The van der Waals surface area contributed by atoms with Gasteiger partial charge in [-0.25, -0.2) is 9.59 Å². The van der Waals surface area contributed by atoms with Crippen molar-refractivity contribution in [1.29, 1.82) is 0 Å². The van der Waals surface area contributed by atoms with Crippen molar-refractivity contribution >= 4 is 32.8 Å². The van der Waals surface area contributed by atoms with Crippen molar-refractivity contribution in [2.45, 2.75) is 32.3 Å². The van der Waals surface area contributed by atoms with Gasteiger partial charge in [0.15, 0.2) is 0 Å². The van der Waals surface area contributed by atoms with Crippen molar-refractivity contribution in [1.82, 2.24) is 0 Å². The number of nitrogens with two attached hydrogens (primary N) is 1. The molecular formula is C28H30NO7P. The molecule has 0 aliphatic heterocycles. The monoisotopic (exact) mass is 523 g/mol. The number of ether oxygens (including phenoxy) is 4. The Labute approximate surface area is 218 Å². The summed E-state index contributed by atoms with van der Waals surface area (Å²) in [5.41, 5.74) is 7.51. The van der Waals surface area contributed by atoms with E-state index in [2.05, 4.69) is 9.24 Å². The van der Waals surface area contributed by atoms with Crippen molar-refractivity contribution in [3.05, 3.63) is 83.4 Å². The second kappa shape index (κ2) is 13.4. The minimum absolute atomic E-state index is 0.213. The summed E-state index contributed by atoms with van der Waals surface area (Å²) >= 11 is 0. The molecule has 2 N–H and O–H groups in total. The van der Waals surface area contributed by atoms with E-state index in [1.165, 1.54) is 24.3 Å². The van der Waals surface area contributed by atoms with Crippen molar-refractivity contribution in [3.8, 4) is 17.2 Å². The summed E-state index contributed by atoms with van der Waals surface area (Å²) in [5.74, 6) is 0.0277. The number of anilines is 1. The Morgan fingerprint density at radius 2 is 1.38 bits per heavy atom. The molecule has 0 amide bonds. The number of carbonyl (C=O) groups excluding carboxylic acids is 3. The number of hydrogen-bond donors (Lipinski definition) is 1. The Kier molecular flexibility index (Phi) is 10.0. The molecule has 3 aromatic carbocycles. The van der Waals surface area contributed by atoms with Gasteiger partial charge in [0.25, 0.3) is 0 Å². The van der Waals surface area contributed by atoms with Gasteiger partial charge in [0.1, 0.15) is 17.2 Å². The summed E-state index contributed by atoms with van der Waals surface area (Å²) in [5, 5.41) is 0. The van der Waals surface area contributed by atoms with E-state index >= 15 is 0 Å². The first-order valence-electron chi connectivity index (χ1n) is 11.8. The average Bonchev–Trinajstić information content (AvgIpc) is 2.88. The molecule has 0 aliphatic rings. The molecular weight excluding hydrogens is 493 g/mol. The van der Waals surface area contributed by atoms with Gasteiger partial charge in [-0.1, -0.05) is 0 Å². The van der Waals surface area contributed by atoms with Gasteiger partial charge in [-0.2, -0.15) is 0 Å². The fraction of sp³-hybridized carbons (Fsp3) is 0.250. The molecule has 2 atom stereocenters. The largest absolute Gasteiger partial charge is 0.494 e. The van der Waals surface area contributed by atoms with E-state index in [0.717, 1.165) is 12.0 Å². The van der Waals surface area contributed by atoms with Crippen LogP contribution in [-0.4, -0.2) is 36.8 Å². The lowest BCUT2D eigenvalue weighted by Gasteiger charge is -2.09. The first-order chi connectivity index (χ1) is 17.7. The van der Waals surface area contributed by atoms with Crippen LogP contribution in [0.4, 0.5) is 5.69 Å². The Balaban J connectivity index is 1.44. The van der Waals surface area contributed by atoms with Crippen LogP contribution >= 0.6 is 9.24 Å². The maximum atomic E-state index is 12.5. The molecule has 3 aromatic rings. The molecule has 0 saturated carbocycles. The van der Waals surface area contributed by atoms with Crippen molar-refractivity contribution in [3.63, 3.8) is 0 Å². The Hall–Kier alpha value is -3.90. The minimum atomic E-state index is -0.537. The van der Waals surface area contributed by atoms with E-state index < -0.39 is 11.9 Å². The van der Waals surface area contributed by atoms with Gasteiger partial charge in [-0.3, -0.25) is 4.79 Å². The van der Waals surface area contributed by atoms with Gasteiger partial charge in [-0.15, -0.1) is 9.24 Å². The molecule has 3 rings (SSSR count). The third kappa shape index (κ3) is 8.62. The summed E-state index contributed by atoms with van der Waals surface area (Å²) in [7, 11) is 2.40. The predicted octanol–water partition coefficient (Wildman–Crippen LogP) is 4.98. The van der Waals surface area contributed by atoms with Crippen molar-refractivity contribution in [2.75, 3.05) is 18.9 Å². The van der Waals surface area contributed by atoms with Gasteiger partial charge in [0.05, 0.1) is 30.0 Å². The van der Waals surface area contributed by atoms with Crippen molar-refractivity contribution in [2.24, 2.45) is 0 Å². The Bertz CT molecular complexity index is 1220. The first kappa shape index (κ1) is 27.7. The van der Waals surface area contributed by atoms with E-state index in [-0.39, 0.29) is 11.6 Å². The van der Waals surface area contributed by atoms with E-state index in [9.17, 15) is 14.4 Å². The number of hydrogen-bond acceptors (Lipinski definition) is 8. The lowest BCUT2D eigenvalue weighted by molar-refractivity contribution is -0.142. The first-order valence-corrected chi connectivity index (χ1v) is 12.4. The summed E-state index contributed by atoms with van der Waals surface area (Å²) in [6.45, 7) is 4.38. The van der Waals surface area contributed by atoms with Gasteiger partial charge >= 0.3 is 17.9 Å². The predicted molar refractivity (Wildman–Crippen MR) is 143 cm³/mol. The topological polar surface area (TPSA) is 114 Å². The molecule has 0 aromatic heterocycles. The van der Waals surface area contributed by atoms with Gasteiger partial charge in [-0.05, 0) is 99.0 Å². The minimum Gasteiger partial charge on any atom is -0.494 e. The zero-order valence-electron chi connectivity index (χ0n) is 20.8. The van der Waals surface area contributed by atoms with Gasteiger partial charge < -0.3 is 24.7 Å². The summed E-state index contributed by atoms with van der Waals surface area (Å²) in [6.07, 6.45) is 1.43. The van der Waals surface area contributed by atoms with Crippen LogP contribution < -0.4 is 19.9 Å². The third-order valence-corrected chi connectivity index (χ3v) is 5.49. The molecule has 8 nitrogen and oxygen atoms in total. The Morgan fingerprint density at radius 3 is 1.97 bits per heavy atom. The molecule has 194 valence electrons. The molecule has 0 fully saturated rings. The Morgan fingerprint density at radius 1 is 0.811 bits per heavy atom. The van der Waals surface area contributed by atoms with Crippen LogP contribution in [0.15, 0.2) is 66.7 Å². The second-order valence-corrected chi connectivity index (χ2v) is 9.36. The molecule has 2 unspecified atom stereocenters. The highest BCUT2D eigenvalue weighted by Crippen LogP contribution is 2.22. The highest BCUT2D eigenvalue weighted by Gasteiger charge is 2.13. The highest BCUT2D eigenvalue weighted by atomic mass is 31.0. The van der Waals surface area contributed by atoms with E-state index in [1.807, 2.05) is 0 Å². The molecule has 0 aliphatic carbocycles. The number of aryl methyl sites for hydroxylation is 1. The van der Waals surface area contributed by atoms with E-state index in [4.69, 9.17) is 24.7 Å². The van der Waals surface area contributed by atoms with E-state index in [1.54, 1.807) is 56.3 Å². The van der Waals surface area contributed by atoms with Gasteiger partial charge in [0, 0.05) is 5.69 Å². The second-order valence-electron chi connectivity index (χ2n) is 8.36. The fourth-order valence-electron chi connectivity index (χ4n) is 3.16. The molecule has 37 heavy (non-hydrogen) atoms. The van der Waals surface area contributed by atoms with Crippen molar-refractivity contribution < 1.29 is 33.3 Å². The number of carbonyl (C=O) groups is 3. The molecule has 9 heteroatoms. The number of unbranched alkanes of at least 4 members (excludes halogenated alkanes) is 1. The van der Waals surface area contributed by atoms with E-state index in [0.29, 0.717) is 53.7 Å². The summed E-state index contributed by atoms with van der Waals surface area (Å²) in [4.78, 5) is 36.3. The smallest absolute Gasteiger partial charge is 0.343 e. The zero-order chi connectivity index (χ0) is 26.8. The molecule has 0 radical (unpaired) electrons. The number of benzene rings is 3. The zero-order valence-corrected chi connectivity index (χ0v) is 21.9. The fourth-order valence-corrected chi connectivity index (χ4v) is 3.25. The average molecular weight is 524 g/mol. The quantitative estimate of drug-likeness (QED) is 0.123. The SMILES string of the molecule is Cc1cc(N)ccc1OC(=O)c1ccc(OC(=O)c2ccc(OCCCCOC(=O)C(C)P)cc2)cc1. The van der Waals surface area contributed by atoms with Gasteiger partial charge in [0.2, 0.25) is 0 Å². The maximum absolute atomic E-state index is 12.5. The van der Waals surface area contributed by atoms with Crippen LogP contribution in [0.25, 0.3) is 0 Å². The van der Waals surface area contributed by atoms with Crippen LogP contribution in [0.5, 0.6) is 17.2 Å². The van der Waals surface area contributed by atoms with Crippen LogP contribution in [0.1, 0.15) is 46.0 Å². The summed E-state index contributed by atoms with van der Waals surface area (Å²) < 4.78 is 21.6. The number of esters is 3. The third-order valence-electron chi connectivity index (χ3n) is 5.22. The van der Waals surface area contributed by atoms with Crippen LogP contribution in [-0.2, 0) is 9.53 Å². The standard InChI is InChI=1S/C28H30NO7P/c1-18-17-22(29)9-14-25(18)36-28(32)21-7-12-24(13-8-21)35-27(31)20-5-10-23(11-6-20)33-15-3-4-16-34-26(30)19(2)37/h5-14,17,19H,3-4,15-16,29,37H2,1-2H3. The lowest BCUT2D eigenvalue weighted by atomic mass is 10.2. The molecule has 0 spiro atoms.